The van der Waals surface area contributed by atoms with Gasteiger partial charge in [0.05, 0.1) is 5.09 Å². The predicted octanol–water partition coefficient (Wildman–Crippen LogP) is -1.12. The molecule has 7 heavy (non-hydrogen) atoms. The van der Waals surface area contributed by atoms with Crippen molar-refractivity contribution in [2.45, 2.75) is 0 Å². The van der Waals surface area contributed by atoms with Gasteiger partial charge in [-0.05, 0) is 0 Å². The van der Waals surface area contributed by atoms with E-state index in [1.165, 1.54) is 0 Å². The minimum absolute atomic E-state index is 0. The monoisotopic (exact) mass is 132 g/mol. The Balaban J connectivity index is -0.0000000150. The molecule has 0 bridgehead atoms. The average molecular weight is 132 g/mol. The van der Waals surface area contributed by atoms with E-state index in [-0.39, 0.29) is 40.2 Å². The van der Waals surface area contributed by atoms with E-state index in [4.69, 9.17) is 15.3 Å². The maximum atomic E-state index is 8.25. The van der Waals surface area contributed by atoms with Crippen LogP contribution in [0.15, 0.2) is 0 Å². The molecule has 0 aliphatic carbocycles. The van der Waals surface area contributed by atoms with Crippen molar-refractivity contribution >= 4 is 34.7 Å². The van der Waals surface area contributed by atoms with Crippen LogP contribution >= 0.6 is 0 Å². The van der Waals surface area contributed by atoms with Gasteiger partial charge in [-0.25, -0.2) is 0 Å². The van der Waals surface area contributed by atoms with E-state index in [2.05, 4.69) is 0 Å². The molecule has 0 heterocycles. The number of nitrogens with zero attached hydrogens (tertiary/aromatic N) is 1. The summed E-state index contributed by atoms with van der Waals surface area (Å²) in [5, 5.41) is 14.8. The van der Waals surface area contributed by atoms with Crippen LogP contribution in [-0.4, -0.2) is 39.8 Å². The topological polar surface area (TPSA) is 94.7 Å². The fraction of sp³-hybridized carbons (Fsp3) is 0. The molecule has 0 amide bonds. The Morgan fingerprint density at radius 2 is 1.14 bits per heavy atom. The molecule has 0 saturated carbocycles. The molecule has 0 radical (unpaired) electrons. The summed E-state index contributed by atoms with van der Waals surface area (Å²) < 4.78 is 0. The van der Waals surface area contributed by atoms with Crippen LogP contribution in [0.3, 0.4) is 0 Å². The van der Waals surface area contributed by atoms with Crippen LogP contribution < -0.4 is 0 Å². The first-order valence-electron chi connectivity index (χ1n) is 0.548. The van der Waals surface area contributed by atoms with Crippen LogP contribution in [0.2, 0.25) is 0 Å². The molecule has 0 rings (SSSR count). The molecule has 0 N–H and O–H groups in total. The molecule has 0 spiro atoms. The Morgan fingerprint density at radius 1 is 1.14 bits per heavy atom. The maximum absolute atomic E-state index is 8.25. The Bertz CT molecular complexity index is 32.7. The molecule has 7 heteroatoms. The molecule has 5 nitrogen and oxygen atoms in total. The van der Waals surface area contributed by atoms with Crippen LogP contribution in [0.1, 0.15) is 0 Å². The van der Waals surface area contributed by atoms with Crippen molar-refractivity contribution < 1.29 is 10.6 Å². The summed E-state index contributed by atoms with van der Waals surface area (Å²) in [6, 6.07) is 0. The van der Waals surface area contributed by atoms with Crippen molar-refractivity contribution in [1.29, 1.82) is 0 Å². The summed E-state index contributed by atoms with van der Waals surface area (Å²) in [6.07, 6.45) is 0. The van der Waals surface area contributed by atoms with E-state index in [0.717, 1.165) is 0 Å². The fourth-order valence-electron chi connectivity index (χ4n) is 0. The van der Waals surface area contributed by atoms with Gasteiger partial charge in [-0.2, -0.15) is 0 Å². The van der Waals surface area contributed by atoms with E-state index >= 15 is 0 Å². The van der Waals surface area contributed by atoms with Crippen LogP contribution in [0.4, 0.5) is 0 Å². The number of rotatable bonds is 0. The summed E-state index contributed by atoms with van der Waals surface area (Å²) in [5.41, 5.74) is 0. The van der Waals surface area contributed by atoms with Crippen molar-refractivity contribution in [1.82, 2.24) is 0 Å². The largest absolute Gasteiger partial charge is 3.00 e. The number of hydrogen-bond donors (Lipinski definition) is 0. The molecular weight excluding hydrogens is 132 g/mol. The molecular formula is Al2NO4+3. The summed E-state index contributed by atoms with van der Waals surface area (Å²) >= 11 is 0. The first-order valence-corrected chi connectivity index (χ1v) is 0.548. The van der Waals surface area contributed by atoms with Gasteiger partial charge in [-0.1, -0.05) is 0 Å². The molecule has 32 valence electrons. The standard InChI is InChI=1S/2Al.NO3.O/c;;2-1(3)4;/q2*+3;-1;-2. The SMILES string of the molecule is O=[N+]([O-])[O-].[Al+3].[Al+3].[O-2]. The Labute approximate surface area is 61.0 Å². The van der Waals surface area contributed by atoms with Gasteiger partial charge < -0.3 is 20.8 Å². The van der Waals surface area contributed by atoms with Gasteiger partial charge >= 0.3 is 34.7 Å². The van der Waals surface area contributed by atoms with E-state index in [1.807, 2.05) is 0 Å². The minimum atomic E-state index is -1.75. The third-order valence-electron chi connectivity index (χ3n) is 0. The van der Waals surface area contributed by atoms with Crippen molar-refractivity contribution in [2.75, 3.05) is 0 Å². The van der Waals surface area contributed by atoms with Gasteiger partial charge in [0.15, 0.2) is 0 Å². The van der Waals surface area contributed by atoms with Gasteiger partial charge in [0.2, 0.25) is 0 Å². The van der Waals surface area contributed by atoms with Gasteiger partial charge in [0.1, 0.15) is 0 Å². The normalized spacial score (nSPS) is 3.43. The third-order valence-corrected chi connectivity index (χ3v) is 0. The third kappa shape index (κ3) is 2200. The van der Waals surface area contributed by atoms with E-state index in [1.54, 1.807) is 0 Å². The average Bonchev–Trinajstić information content (AvgIpc) is 0.811. The summed E-state index contributed by atoms with van der Waals surface area (Å²) in [4.78, 5) is 8.25. The molecule has 0 atom stereocenters. The Hall–Kier alpha value is 0.225. The smallest absolute Gasteiger partial charge is 2.00 e. The molecule has 0 aliphatic heterocycles. The molecule has 0 unspecified atom stereocenters. The molecule has 0 saturated heterocycles. The van der Waals surface area contributed by atoms with Gasteiger partial charge in [-0.15, -0.1) is 0 Å². The summed E-state index contributed by atoms with van der Waals surface area (Å²) in [5.74, 6) is 0. The van der Waals surface area contributed by atoms with Crippen LogP contribution in [0.5, 0.6) is 0 Å². The van der Waals surface area contributed by atoms with E-state index in [0.29, 0.717) is 0 Å². The molecule has 0 aromatic heterocycles. The van der Waals surface area contributed by atoms with E-state index in [9.17, 15) is 0 Å². The first-order chi connectivity index (χ1) is 1.73. The van der Waals surface area contributed by atoms with Crippen LogP contribution in [-0.2, 0) is 5.48 Å². The zero-order valence-corrected chi connectivity index (χ0v) is 5.54. The van der Waals surface area contributed by atoms with E-state index < -0.39 is 5.09 Å². The van der Waals surface area contributed by atoms with Gasteiger partial charge in [0, 0.05) is 0 Å². The minimum Gasteiger partial charge on any atom is -2.00 e. The Morgan fingerprint density at radius 3 is 1.14 bits per heavy atom. The van der Waals surface area contributed by atoms with Gasteiger partial charge in [0.25, 0.3) is 0 Å². The van der Waals surface area contributed by atoms with Crippen molar-refractivity contribution in [3.8, 4) is 0 Å². The first kappa shape index (κ1) is 26.9. The van der Waals surface area contributed by atoms with Crippen molar-refractivity contribution in [3.63, 3.8) is 0 Å². The molecule has 0 aromatic rings. The van der Waals surface area contributed by atoms with Crippen molar-refractivity contribution in [3.05, 3.63) is 15.3 Å². The second kappa shape index (κ2) is 16.3. The zero-order valence-electron chi connectivity index (χ0n) is 3.23. The van der Waals surface area contributed by atoms with Crippen LogP contribution in [0.25, 0.3) is 0 Å². The quantitative estimate of drug-likeness (QED) is 0.237. The van der Waals surface area contributed by atoms with Gasteiger partial charge in [-0.3, -0.25) is 0 Å². The predicted molar refractivity (Wildman–Crippen MR) is 22.6 cm³/mol. The fourth-order valence-corrected chi connectivity index (χ4v) is 0. The summed E-state index contributed by atoms with van der Waals surface area (Å²) in [6.45, 7) is 0. The molecule has 0 fully saturated rings. The zero-order chi connectivity index (χ0) is 3.58. The molecule has 0 aromatic carbocycles. The Kier molecular flexibility index (Phi) is 62.8. The van der Waals surface area contributed by atoms with Crippen molar-refractivity contribution in [2.24, 2.45) is 0 Å². The summed E-state index contributed by atoms with van der Waals surface area (Å²) in [7, 11) is 0. The number of hydrogen-bond acceptors (Lipinski definition) is 3. The second-order valence-electron chi connectivity index (χ2n) is 0.224. The second-order valence-corrected chi connectivity index (χ2v) is 0.224. The molecule has 0 aliphatic rings. The maximum Gasteiger partial charge on any atom is 3.00 e. The van der Waals surface area contributed by atoms with Crippen LogP contribution in [0, 0.1) is 15.3 Å².